The van der Waals surface area contributed by atoms with E-state index >= 15 is 0 Å². The maximum atomic E-state index is 12.0. The number of hydrogen-bond acceptors (Lipinski definition) is 4. The number of ether oxygens (including phenoxy) is 1. The highest BCUT2D eigenvalue weighted by Gasteiger charge is 2.40. The smallest absolute Gasteiger partial charge is 0.323 e. The van der Waals surface area contributed by atoms with Crippen LogP contribution in [0.5, 0.6) is 0 Å². The number of esters is 1. The van der Waals surface area contributed by atoms with Crippen molar-refractivity contribution in [3.8, 4) is 0 Å². The Kier molecular flexibility index (Phi) is 5.55. The normalized spacial score (nSPS) is 21.9. The van der Waals surface area contributed by atoms with Crippen LogP contribution in [0, 0.1) is 5.92 Å². The summed E-state index contributed by atoms with van der Waals surface area (Å²) in [6.45, 7) is 6.20. The minimum absolute atomic E-state index is 0.0478. The quantitative estimate of drug-likeness (QED) is 0.593. The SMILES string of the molecule is CC(C)C[C@@H]1NC(=O)[C@H]1NC(C)C(=O)OCc1ccccc1. The second-order valence-electron chi connectivity index (χ2n) is 6.20. The maximum absolute atomic E-state index is 12.0. The van der Waals surface area contributed by atoms with Crippen LogP contribution < -0.4 is 10.6 Å². The van der Waals surface area contributed by atoms with Crippen LogP contribution >= 0.6 is 0 Å². The largest absolute Gasteiger partial charge is 0.460 e. The van der Waals surface area contributed by atoms with Gasteiger partial charge in [-0.2, -0.15) is 0 Å². The number of β-lactam (4-membered cyclic amide) rings is 1. The number of hydrogen-bond donors (Lipinski definition) is 2. The highest BCUT2D eigenvalue weighted by molar-refractivity contribution is 5.90. The van der Waals surface area contributed by atoms with Crippen molar-refractivity contribution >= 4 is 11.9 Å². The van der Waals surface area contributed by atoms with Gasteiger partial charge in [0.2, 0.25) is 5.91 Å². The Bertz CT molecular complexity index is 516. The summed E-state index contributed by atoms with van der Waals surface area (Å²) in [5, 5.41) is 5.94. The molecule has 5 heteroatoms. The van der Waals surface area contributed by atoms with Crippen LogP contribution in [0.25, 0.3) is 0 Å². The van der Waals surface area contributed by atoms with Crippen molar-refractivity contribution in [2.24, 2.45) is 5.92 Å². The van der Waals surface area contributed by atoms with Gasteiger partial charge in [0.15, 0.2) is 0 Å². The molecule has 1 saturated heterocycles. The van der Waals surface area contributed by atoms with E-state index in [1.54, 1.807) is 6.92 Å². The average Bonchev–Trinajstić information content (AvgIpc) is 2.50. The van der Waals surface area contributed by atoms with Gasteiger partial charge in [-0.25, -0.2) is 0 Å². The van der Waals surface area contributed by atoms with E-state index in [-0.39, 0.29) is 30.6 Å². The van der Waals surface area contributed by atoms with E-state index in [2.05, 4.69) is 24.5 Å². The molecule has 1 aliphatic rings. The van der Waals surface area contributed by atoms with Crippen LogP contribution in [0.3, 0.4) is 0 Å². The van der Waals surface area contributed by atoms with Gasteiger partial charge in [0, 0.05) is 0 Å². The summed E-state index contributed by atoms with van der Waals surface area (Å²) in [7, 11) is 0. The topological polar surface area (TPSA) is 67.4 Å². The number of nitrogens with one attached hydrogen (secondary N) is 2. The third kappa shape index (κ3) is 4.31. The molecule has 1 heterocycles. The van der Waals surface area contributed by atoms with E-state index in [1.165, 1.54) is 0 Å². The lowest BCUT2D eigenvalue weighted by Gasteiger charge is -2.39. The molecule has 3 atom stereocenters. The summed E-state index contributed by atoms with van der Waals surface area (Å²) >= 11 is 0. The molecule has 0 bridgehead atoms. The summed E-state index contributed by atoms with van der Waals surface area (Å²) in [6, 6.07) is 8.82. The second kappa shape index (κ2) is 7.40. The lowest BCUT2D eigenvalue weighted by Crippen LogP contribution is -2.70. The molecule has 0 aromatic heterocycles. The van der Waals surface area contributed by atoms with Crippen LogP contribution in [-0.4, -0.2) is 30.0 Å². The van der Waals surface area contributed by atoms with Gasteiger partial charge < -0.3 is 10.1 Å². The highest BCUT2D eigenvalue weighted by Crippen LogP contribution is 2.16. The van der Waals surface area contributed by atoms with Gasteiger partial charge in [0.05, 0.1) is 6.04 Å². The molecular weight excluding hydrogens is 280 g/mol. The molecule has 1 aromatic carbocycles. The van der Waals surface area contributed by atoms with Gasteiger partial charge in [-0.15, -0.1) is 0 Å². The Hall–Kier alpha value is -1.88. The first-order chi connectivity index (χ1) is 10.5. The van der Waals surface area contributed by atoms with E-state index in [9.17, 15) is 9.59 Å². The minimum Gasteiger partial charge on any atom is -0.460 e. The molecule has 1 aliphatic heterocycles. The maximum Gasteiger partial charge on any atom is 0.323 e. The molecule has 1 unspecified atom stereocenters. The van der Waals surface area contributed by atoms with Crippen LogP contribution in [0.1, 0.15) is 32.8 Å². The van der Waals surface area contributed by atoms with Crippen LogP contribution in [-0.2, 0) is 20.9 Å². The fourth-order valence-electron chi connectivity index (χ4n) is 2.53. The Morgan fingerprint density at radius 1 is 1.27 bits per heavy atom. The lowest BCUT2D eigenvalue weighted by molar-refractivity contribution is -0.148. The van der Waals surface area contributed by atoms with Crippen molar-refractivity contribution in [1.29, 1.82) is 0 Å². The number of benzene rings is 1. The zero-order valence-electron chi connectivity index (χ0n) is 13.3. The van der Waals surface area contributed by atoms with E-state index in [4.69, 9.17) is 4.74 Å². The molecule has 1 fully saturated rings. The molecule has 22 heavy (non-hydrogen) atoms. The summed E-state index contributed by atoms with van der Waals surface area (Å²) in [6.07, 6.45) is 0.898. The predicted octanol–water partition coefficient (Wildman–Crippen LogP) is 1.62. The monoisotopic (exact) mass is 304 g/mol. The molecule has 1 aromatic rings. The number of rotatable bonds is 7. The Balaban J connectivity index is 1.79. The van der Waals surface area contributed by atoms with Gasteiger partial charge in [-0.1, -0.05) is 44.2 Å². The van der Waals surface area contributed by atoms with Crippen LogP contribution in [0.2, 0.25) is 0 Å². The van der Waals surface area contributed by atoms with Crippen molar-refractivity contribution in [3.63, 3.8) is 0 Å². The second-order valence-corrected chi connectivity index (χ2v) is 6.20. The minimum atomic E-state index is -0.505. The summed E-state index contributed by atoms with van der Waals surface area (Å²) in [5.41, 5.74) is 0.946. The van der Waals surface area contributed by atoms with Crippen molar-refractivity contribution < 1.29 is 14.3 Å². The molecule has 120 valence electrons. The molecule has 0 aliphatic carbocycles. The molecule has 2 N–H and O–H groups in total. The van der Waals surface area contributed by atoms with Crippen molar-refractivity contribution in [2.45, 2.75) is 51.9 Å². The Morgan fingerprint density at radius 3 is 2.55 bits per heavy atom. The molecular formula is C17H24N2O3. The molecule has 5 nitrogen and oxygen atoms in total. The van der Waals surface area contributed by atoms with Crippen molar-refractivity contribution in [3.05, 3.63) is 35.9 Å². The number of carbonyl (C=O) groups is 2. The van der Waals surface area contributed by atoms with E-state index < -0.39 is 6.04 Å². The van der Waals surface area contributed by atoms with Crippen molar-refractivity contribution in [2.75, 3.05) is 0 Å². The Labute approximate surface area is 131 Å². The van der Waals surface area contributed by atoms with E-state index in [0.717, 1.165) is 12.0 Å². The van der Waals surface area contributed by atoms with Gasteiger partial charge in [0.25, 0.3) is 0 Å². The van der Waals surface area contributed by atoms with Crippen molar-refractivity contribution in [1.82, 2.24) is 10.6 Å². The predicted molar refractivity (Wildman–Crippen MR) is 84.0 cm³/mol. The first-order valence-electron chi connectivity index (χ1n) is 7.74. The third-order valence-electron chi connectivity index (χ3n) is 3.74. The fraction of sp³-hybridized carbons (Fsp3) is 0.529. The molecule has 0 radical (unpaired) electrons. The zero-order chi connectivity index (χ0) is 16.1. The summed E-state index contributed by atoms with van der Waals surface area (Å²) in [5.74, 6) is 0.107. The molecule has 2 rings (SSSR count). The summed E-state index contributed by atoms with van der Waals surface area (Å²) in [4.78, 5) is 23.6. The lowest BCUT2D eigenvalue weighted by atomic mass is 9.90. The average molecular weight is 304 g/mol. The summed E-state index contributed by atoms with van der Waals surface area (Å²) < 4.78 is 5.28. The molecule has 0 spiro atoms. The third-order valence-corrected chi connectivity index (χ3v) is 3.74. The molecule has 1 amide bonds. The van der Waals surface area contributed by atoms with E-state index in [1.807, 2.05) is 30.3 Å². The number of carbonyl (C=O) groups excluding carboxylic acids is 2. The van der Waals surface area contributed by atoms with Gasteiger partial charge in [-0.05, 0) is 24.8 Å². The van der Waals surface area contributed by atoms with Gasteiger partial charge in [-0.3, -0.25) is 14.9 Å². The van der Waals surface area contributed by atoms with Gasteiger partial charge in [0.1, 0.15) is 18.7 Å². The first kappa shape index (κ1) is 16.5. The van der Waals surface area contributed by atoms with Gasteiger partial charge >= 0.3 is 5.97 Å². The zero-order valence-corrected chi connectivity index (χ0v) is 13.3. The highest BCUT2D eigenvalue weighted by atomic mass is 16.5. The number of amides is 1. The Morgan fingerprint density at radius 2 is 1.95 bits per heavy atom. The van der Waals surface area contributed by atoms with Crippen LogP contribution in [0.15, 0.2) is 30.3 Å². The fourth-order valence-corrected chi connectivity index (χ4v) is 2.53. The van der Waals surface area contributed by atoms with E-state index in [0.29, 0.717) is 5.92 Å². The van der Waals surface area contributed by atoms with Crippen LogP contribution in [0.4, 0.5) is 0 Å². The molecule has 0 saturated carbocycles. The first-order valence-corrected chi connectivity index (χ1v) is 7.74. The standard InChI is InChI=1S/C17H24N2O3/c1-11(2)9-14-15(16(20)19-14)18-12(3)17(21)22-10-13-7-5-4-6-8-13/h4-8,11-12,14-15,18H,9-10H2,1-3H3,(H,19,20)/t12?,14-,15-/m0/s1.